The largest absolute Gasteiger partial charge is 0.400 e. The Morgan fingerprint density at radius 1 is 1.12 bits per heavy atom. The molecule has 0 aliphatic heterocycles. The summed E-state index contributed by atoms with van der Waals surface area (Å²) in [6.45, 7) is 3.78. The van der Waals surface area contributed by atoms with Crippen molar-refractivity contribution in [1.29, 1.82) is 0 Å². The second-order valence-electron chi connectivity index (χ2n) is 5.82. The molecule has 0 amide bonds. The minimum atomic E-state index is -0.253. The highest BCUT2D eigenvalue weighted by Crippen LogP contribution is 2.32. The molecule has 0 aliphatic carbocycles. The number of halogens is 2. The highest BCUT2D eigenvalue weighted by Gasteiger charge is 2.25. The zero-order valence-corrected chi connectivity index (χ0v) is 16.7. The third kappa shape index (κ3) is 3.90. The van der Waals surface area contributed by atoms with E-state index in [0.717, 1.165) is 4.90 Å². The van der Waals surface area contributed by atoms with Crippen LogP contribution in [0, 0.1) is 13.8 Å². The lowest BCUT2D eigenvalue weighted by Gasteiger charge is -2.08. The maximum atomic E-state index is 13.0. The van der Waals surface area contributed by atoms with Crippen LogP contribution in [0.1, 0.15) is 27.2 Å². The van der Waals surface area contributed by atoms with Gasteiger partial charge in [-0.3, -0.25) is 4.79 Å². The first-order valence-electron chi connectivity index (χ1n) is 7.81. The van der Waals surface area contributed by atoms with E-state index in [1.54, 1.807) is 36.9 Å². The Labute approximate surface area is 166 Å². The van der Waals surface area contributed by atoms with Gasteiger partial charge in [-0.25, -0.2) is 4.68 Å². The van der Waals surface area contributed by atoms with E-state index in [-0.39, 0.29) is 5.78 Å². The van der Waals surface area contributed by atoms with Crippen LogP contribution in [-0.4, -0.2) is 15.6 Å². The number of hydrogen-bond acceptors (Lipinski definition) is 4. The van der Waals surface area contributed by atoms with Gasteiger partial charge in [-0.2, -0.15) is 5.10 Å². The number of rotatable bonds is 5. The lowest BCUT2D eigenvalue weighted by molar-refractivity contribution is 0.103. The normalized spacial score (nSPS) is 10.8. The molecule has 4 nitrogen and oxygen atoms in total. The Bertz CT molecular complexity index is 968. The van der Waals surface area contributed by atoms with Crippen molar-refractivity contribution in [2.24, 2.45) is 7.05 Å². The average molecular weight is 407 g/mol. The smallest absolute Gasteiger partial charge is 0.238 e. The highest BCUT2D eigenvalue weighted by atomic mass is 35.5. The Hall–Kier alpha value is -1.95. The van der Waals surface area contributed by atoms with Crippen LogP contribution < -0.4 is 4.18 Å². The third-order valence-corrected chi connectivity index (χ3v) is 5.06. The summed E-state index contributed by atoms with van der Waals surface area (Å²) in [6.07, 6.45) is 0. The lowest BCUT2D eigenvalue weighted by Crippen LogP contribution is -2.05. The van der Waals surface area contributed by atoms with Crippen molar-refractivity contribution in [3.8, 4) is 5.88 Å². The van der Waals surface area contributed by atoms with Gasteiger partial charge in [-0.1, -0.05) is 40.9 Å². The Kier molecular flexibility index (Phi) is 5.61. The van der Waals surface area contributed by atoms with Crippen LogP contribution in [0.5, 0.6) is 5.88 Å². The molecule has 134 valence electrons. The van der Waals surface area contributed by atoms with Gasteiger partial charge in [0.15, 0.2) is 0 Å². The van der Waals surface area contributed by atoms with E-state index < -0.39 is 0 Å². The average Bonchev–Trinajstić information content (AvgIpc) is 2.87. The van der Waals surface area contributed by atoms with Crippen LogP contribution in [0.2, 0.25) is 10.0 Å². The molecule has 0 saturated carbocycles. The molecule has 3 rings (SSSR count). The van der Waals surface area contributed by atoms with Gasteiger partial charge in [0.2, 0.25) is 11.7 Å². The zero-order valence-electron chi connectivity index (χ0n) is 14.4. The van der Waals surface area contributed by atoms with Gasteiger partial charge in [0.1, 0.15) is 5.56 Å². The van der Waals surface area contributed by atoms with Gasteiger partial charge in [0.25, 0.3) is 0 Å². The molecule has 0 spiro atoms. The van der Waals surface area contributed by atoms with Crippen LogP contribution in [-0.2, 0) is 7.05 Å². The molecule has 26 heavy (non-hydrogen) atoms. The van der Waals surface area contributed by atoms with E-state index in [2.05, 4.69) is 5.10 Å². The van der Waals surface area contributed by atoms with Gasteiger partial charge < -0.3 is 4.18 Å². The van der Waals surface area contributed by atoms with Gasteiger partial charge >= 0.3 is 0 Å². The molecule has 0 aliphatic rings. The molecule has 1 heterocycles. The maximum Gasteiger partial charge on any atom is 0.238 e. The van der Waals surface area contributed by atoms with Crippen LogP contribution in [0.3, 0.4) is 0 Å². The fraction of sp³-hybridized carbons (Fsp3) is 0.158. The van der Waals surface area contributed by atoms with E-state index in [0.29, 0.717) is 32.7 Å². The van der Waals surface area contributed by atoms with Crippen LogP contribution in [0.25, 0.3) is 0 Å². The van der Waals surface area contributed by atoms with E-state index >= 15 is 0 Å². The third-order valence-electron chi connectivity index (χ3n) is 3.81. The first-order valence-corrected chi connectivity index (χ1v) is 9.31. The molecule has 0 atom stereocenters. The standard InChI is InChI=1S/C19H16Cl2N2O2S/c1-11-4-7-14(8-5-11)26-25-19-17(12(2)22-23(19)3)18(24)15-9-6-13(20)10-16(15)21/h4-10H,1-3H3. The second kappa shape index (κ2) is 7.74. The van der Waals surface area contributed by atoms with Gasteiger partial charge in [-0.15, -0.1) is 0 Å². The van der Waals surface area contributed by atoms with E-state index in [1.165, 1.54) is 17.6 Å². The summed E-state index contributed by atoms with van der Waals surface area (Å²) in [6, 6.07) is 12.7. The first-order chi connectivity index (χ1) is 12.4. The van der Waals surface area contributed by atoms with Crippen molar-refractivity contribution in [2.75, 3.05) is 0 Å². The van der Waals surface area contributed by atoms with E-state index in [4.69, 9.17) is 27.4 Å². The highest BCUT2D eigenvalue weighted by molar-refractivity contribution is 7.95. The lowest BCUT2D eigenvalue weighted by atomic mass is 10.0. The van der Waals surface area contributed by atoms with Crippen molar-refractivity contribution < 1.29 is 8.98 Å². The molecule has 0 unspecified atom stereocenters. The van der Waals surface area contributed by atoms with Crippen LogP contribution in [0.15, 0.2) is 47.4 Å². The maximum absolute atomic E-state index is 13.0. The van der Waals surface area contributed by atoms with Crippen molar-refractivity contribution in [2.45, 2.75) is 18.7 Å². The zero-order chi connectivity index (χ0) is 18.8. The Balaban J connectivity index is 1.92. The monoisotopic (exact) mass is 406 g/mol. The predicted molar refractivity (Wildman–Crippen MR) is 106 cm³/mol. The molecular formula is C19H16Cl2N2O2S. The fourth-order valence-corrected chi connectivity index (χ4v) is 3.59. The number of aromatic nitrogens is 2. The van der Waals surface area contributed by atoms with Crippen LogP contribution in [0.4, 0.5) is 0 Å². The first kappa shape index (κ1) is 18.8. The van der Waals surface area contributed by atoms with E-state index in [9.17, 15) is 4.79 Å². The molecular weight excluding hydrogens is 391 g/mol. The molecule has 3 aromatic rings. The molecule has 2 aromatic carbocycles. The summed E-state index contributed by atoms with van der Waals surface area (Å²) < 4.78 is 7.40. The fourth-order valence-electron chi connectivity index (χ4n) is 2.48. The molecule has 0 bridgehead atoms. The number of nitrogens with zero attached hydrogens (tertiary/aromatic N) is 2. The number of aryl methyl sites for hydroxylation is 3. The summed E-state index contributed by atoms with van der Waals surface area (Å²) >= 11 is 13.3. The molecule has 7 heteroatoms. The topological polar surface area (TPSA) is 44.1 Å². The van der Waals surface area contributed by atoms with Crippen molar-refractivity contribution in [3.05, 3.63) is 74.9 Å². The number of hydrogen-bond donors (Lipinski definition) is 0. The predicted octanol–water partition coefficient (Wildman–Crippen LogP) is 5.66. The van der Waals surface area contributed by atoms with Crippen molar-refractivity contribution in [3.63, 3.8) is 0 Å². The summed E-state index contributed by atoms with van der Waals surface area (Å²) in [4.78, 5) is 13.9. The van der Waals surface area contributed by atoms with Gasteiger partial charge in [0.05, 0.1) is 22.8 Å². The summed E-state index contributed by atoms with van der Waals surface area (Å²) in [5, 5.41) is 5.09. The van der Waals surface area contributed by atoms with Gasteiger partial charge in [0, 0.05) is 22.5 Å². The number of benzene rings is 2. The number of ketones is 1. The number of carbonyl (C=O) groups is 1. The van der Waals surface area contributed by atoms with Gasteiger partial charge in [-0.05, 0) is 44.2 Å². The Morgan fingerprint density at radius 3 is 2.46 bits per heavy atom. The summed E-state index contributed by atoms with van der Waals surface area (Å²) in [5.41, 5.74) is 2.48. The second-order valence-corrected chi connectivity index (χ2v) is 7.47. The SMILES string of the molecule is Cc1ccc(SOc2c(C(=O)c3ccc(Cl)cc3Cl)c(C)nn2C)cc1. The number of carbonyl (C=O) groups excluding carboxylic acids is 1. The minimum absolute atomic E-state index is 0.253. The molecule has 0 fully saturated rings. The summed E-state index contributed by atoms with van der Waals surface area (Å²) in [5.74, 6) is 0.126. The molecule has 0 radical (unpaired) electrons. The Morgan fingerprint density at radius 2 is 1.81 bits per heavy atom. The molecule has 1 aromatic heterocycles. The quantitative estimate of drug-likeness (QED) is 0.404. The summed E-state index contributed by atoms with van der Waals surface area (Å²) in [7, 11) is 1.73. The van der Waals surface area contributed by atoms with Crippen molar-refractivity contribution in [1.82, 2.24) is 9.78 Å². The minimum Gasteiger partial charge on any atom is -0.400 e. The molecule has 0 saturated heterocycles. The van der Waals surface area contributed by atoms with Crippen molar-refractivity contribution >= 4 is 41.0 Å². The van der Waals surface area contributed by atoms with E-state index in [1.807, 2.05) is 31.2 Å². The van der Waals surface area contributed by atoms with Crippen LogP contribution >= 0.6 is 35.2 Å². The molecule has 0 N–H and O–H groups in total.